The minimum absolute atomic E-state index is 0.0113. The van der Waals surface area contributed by atoms with Crippen LogP contribution in [0.3, 0.4) is 0 Å². The molecule has 0 aliphatic carbocycles. The van der Waals surface area contributed by atoms with Crippen LogP contribution in [0.15, 0.2) is 29.2 Å². The molecule has 1 fully saturated rings. The predicted octanol–water partition coefficient (Wildman–Crippen LogP) is 1.31. The number of nitriles is 1. The Kier molecular flexibility index (Phi) is 8.77. The monoisotopic (exact) mass is 437 g/mol. The minimum Gasteiger partial charge on any atom is -0.464 e. The van der Waals surface area contributed by atoms with Gasteiger partial charge >= 0.3 is 5.97 Å². The number of esters is 1. The molecule has 0 saturated carbocycles. The van der Waals surface area contributed by atoms with E-state index < -0.39 is 27.9 Å². The number of carbonyl (C=O) groups is 2. The Bertz CT molecular complexity index is 888. The third-order valence-corrected chi connectivity index (χ3v) is 6.48. The van der Waals surface area contributed by atoms with E-state index in [0.717, 1.165) is 0 Å². The highest BCUT2D eigenvalue weighted by atomic mass is 32.2. The molecule has 0 unspecified atom stereocenters. The van der Waals surface area contributed by atoms with Crippen molar-refractivity contribution in [2.45, 2.75) is 37.6 Å². The normalized spacial score (nSPS) is 15.9. The quantitative estimate of drug-likeness (QED) is 0.456. The first-order valence-corrected chi connectivity index (χ1v) is 11.2. The average Bonchev–Trinajstić information content (AvgIpc) is 2.75. The topological polar surface area (TPSA) is 126 Å². The van der Waals surface area contributed by atoms with Crippen LogP contribution >= 0.6 is 0 Å². The first-order valence-electron chi connectivity index (χ1n) is 9.79. The largest absolute Gasteiger partial charge is 0.464 e. The van der Waals surface area contributed by atoms with E-state index >= 15 is 0 Å². The summed E-state index contributed by atoms with van der Waals surface area (Å²) in [4.78, 5) is 25.0. The van der Waals surface area contributed by atoms with E-state index in [9.17, 15) is 18.0 Å². The lowest BCUT2D eigenvalue weighted by Gasteiger charge is -2.26. The van der Waals surface area contributed by atoms with Crippen LogP contribution in [0.1, 0.15) is 37.0 Å². The van der Waals surface area contributed by atoms with Crippen molar-refractivity contribution in [1.82, 2.24) is 9.62 Å². The van der Waals surface area contributed by atoms with Gasteiger partial charge in [0.15, 0.2) is 0 Å². The lowest BCUT2D eigenvalue weighted by molar-refractivity contribution is -0.147. The molecule has 30 heavy (non-hydrogen) atoms. The van der Waals surface area contributed by atoms with Crippen molar-refractivity contribution in [3.63, 3.8) is 0 Å². The number of hydrogen-bond donors (Lipinski definition) is 1. The molecule has 0 aromatic heterocycles. The Morgan fingerprint density at radius 2 is 2.00 bits per heavy atom. The van der Waals surface area contributed by atoms with Crippen molar-refractivity contribution in [3.8, 4) is 6.07 Å². The van der Waals surface area contributed by atoms with Crippen molar-refractivity contribution in [3.05, 3.63) is 29.8 Å². The standard InChI is InChI=1S/C20H27N3O6S/c1-15(2)18(20(25)29-11-4-3-8-21)22-19(24)16-6-5-7-17(14-16)30(26,27)23-9-12-28-13-10-23/h5-7,14-15,18H,3-4,9-13H2,1-2H3,(H,22,24)/t18-/m0/s1. The van der Waals surface area contributed by atoms with Gasteiger partial charge in [-0.05, 0) is 30.5 Å². The summed E-state index contributed by atoms with van der Waals surface area (Å²) in [7, 11) is -3.74. The average molecular weight is 438 g/mol. The summed E-state index contributed by atoms with van der Waals surface area (Å²) < 4.78 is 37.3. The molecule has 1 aromatic rings. The molecule has 1 aliphatic heterocycles. The second-order valence-corrected chi connectivity index (χ2v) is 9.11. The third-order valence-electron chi connectivity index (χ3n) is 4.59. The van der Waals surface area contributed by atoms with Gasteiger partial charge in [0.25, 0.3) is 5.91 Å². The molecule has 1 aromatic carbocycles. The van der Waals surface area contributed by atoms with Crippen molar-refractivity contribution >= 4 is 21.9 Å². The number of rotatable bonds is 9. The van der Waals surface area contributed by atoms with E-state index in [4.69, 9.17) is 14.7 Å². The smallest absolute Gasteiger partial charge is 0.328 e. The maximum absolute atomic E-state index is 12.8. The van der Waals surface area contributed by atoms with Crippen LogP contribution in [0.4, 0.5) is 0 Å². The van der Waals surface area contributed by atoms with E-state index in [1.807, 2.05) is 6.07 Å². The van der Waals surface area contributed by atoms with E-state index in [1.165, 1.54) is 28.6 Å². The number of carbonyl (C=O) groups excluding carboxylic acids is 2. The van der Waals surface area contributed by atoms with Crippen LogP contribution in [0.5, 0.6) is 0 Å². The van der Waals surface area contributed by atoms with Crippen LogP contribution in [0.25, 0.3) is 0 Å². The molecule has 1 heterocycles. The van der Waals surface area contributed by atoms with Crippen molar-refractivity contribution in [2.24, 2.45) is 5.92 Å². The zero-order valence-corrected chi connectivity index (χ0v) is 18.0. The molecule has 9 nitrogen and oxygen atoms in total. The molecule has 2 rings (SSSR count). The number of amides is 1. The molecule has 0 spiro atoms. The Morgan fingerprint density at radius 3 is 2.63 bits per heavy atom. The number of morpholine rings is 1. The molecular formula is C20H27N3O6S. The van der Waals surface area contributed by atoms with Gasteiger partial charge in [0.05, 0.1) is 30.8 Å². The summed E-state index contributed by atoms with van der Waals surface area (Å²) in [5, 5.41) is 11.2. The summed E-state index contributed by atoms with van der Waals surface area (Å²) in [6, 6.07) is 6.80. The van der Waals surface area contributed by atoms with Gasteiger partial charge in [0.1, 0.15) is 6.04 Å². The van der Waals surface area contributed by atoms with Gasteiger partial charge in [0.2, 0.25) is 10.0 Å². The van der Waals surface area contributed by atoms with E-state index in [-0.39, 0.29) is 42.5 Å². The summed E-state index contributed by atoms with van der Waals surface area (Å²) >= 11 is 0. The summed E-state index contributed by atoms with van der Waals surface area (Å²) in [5.74, 6) is -1.40. The van der Waals surface area contributed by atoms with Gasteiger partial charge in [-0.15, -0.1) is 0 Å². The highest BCUT2D eigenvalue weighted by molar-refractivity contribution is 7.89. The third kappa shape index (κ3) is 6.26. The zero-order valence-electron chi connectivity index (χ0n) is 17.2. The number of unbranched alkanes of at least 4 members (excludes halogenated alkanes) is 1. The van der Waals surface area contributed by atoms with Gasteiger partial charge in [-0.3, -0.25) is 4.79 Å². The number of nitrogens with zero attached hydrogens (tertiary/aromatic N) is 2. The fourth-order valence-corrected chi connectivity index (χ4v) is 4.32. The number of benzene rings is 1. The molecular weight excluding hydrogens is 410 g/mol. The molecule has 164 valence electrons. The number of hydrogen-bond acceptors (Lipinski definition) is 7. The lowest BCUT2D eigenvalue weighted by atomic mass is 10.0. The predicted molar refractivity (Wildman–Crippen MR) is 108 cm³/mol. The maximum Gasteiger partial charge on any atom is 0.328 e. The van der Waals surface area contributed by atoms with Crippen LogP contribution in [-0.4, -0.2) is 63.6 Å². The fraction of sp³-hybridized carbons (Fsp3) is 0.550. The number of ether oxygens (including phenoxy) is 2. The van der Waals surface area contributed by atoms with Gasteiger partial charge in [-0.25, -0.2) is 13.2 Å². The summed E-state index contributed by atoms with van der Waals surface area (Å²) in [6.07, 6.45) is 0.693. The Hall–Kier alpha value is -2.48. The second kappa shape index (κ2) is 11.1. The Labute approximate surface area is 177 Å². The lowest BCUT2D eigenvalue weighted by Crippen LogP contribution is -2.45. The van der Waals surface area contributed by atoms with Gasteiger partial charge in [-0.1, -0.05) is 19.9 Å². The number of nitrogens with one attached hydrogen (secondary N) is 1. The molecule has 10 heteroatoms. The van der Waals surface area contributed by atoms with E-state index in [1.54, 1.807) is 13.8 Å². The first-order chi connectivity index (χ1) is 14.3. The Balaban J connectivity index is 2.11. The van der Waals surface area contributed by atoms with E-state index in [0.29, 0.717) is 19.6 Å². The molecule has 1 amide bonds. The highest BCUT2D eigenvalue weighted by Gasteiger charge is 2.29. The SMILES string of the molecule is CC(C)[C@H](NC(=O)c1cccc(S(=O)(=O)N2CCOCC2)c1)C(=O)OCCCC#N. The molecule has 1 atom stereocenters. The molecule has 1 N–H and O–H groups in total. The maximum atomic E-state index is 12.8. The van der Waals surface area contributed by atoms with Crippen LogP contribution < -0.4 is 5.32 Å². The fourth-order valence-electron chi connectivity index (χ4n) is 2.87. The van der Waals surface area contributed by atoms with Crippen molar-refractivity contribution in [1.29, 1.82) is 5.26 Å². The van der Waals surface area contributed by atoms with Crippen LogP contribution in [0, 0.1) is 17.2 Å². The number of sulfonamides is 1. The molecule has 0 radical (unpaired) electrons. The second-order valence-electron chi connectivity index (χ2n) is 7.17. The van der Waals surface area contributed by atoms with Crippen LogP contribution in [-0.2, 0) is 24.3 Å². The minimum atomic E-state index is -3.74. The van der Waals surface area contributed by atoms with Crippen LogP contribution in [0.2, 0.25) is 0 Å². The molecule has 1 saturated heterocycles. The van der Waals surface area contributed by atoms with Crippen molar-refractivity contribution in [2.75, 3.05) is 32.9 Å². The Morgan fingerprint density at radius 1 is 1.30 bits per heavy atom. The van der Waals surface area contributed by atoms with Gasteiger partial charge in [0, 0.05) is 25.1 Å². The molecule has 1 aliphatic rings. The molecule has 0 bridgehead atoms. The summed E-state index contributed by atoms with van der Waals surface area (Å²) in [6.45, 7) is 4.79. The first kappa shape index (κ1) is 23.8. The highest BCUT2D eigenvalue weighted by Crippen LogP contribution is 2.19. The van der Waals surface area contributed by atoms with Gasteiger partial charge in [-0.2, -0.15) is 9.57 Å². The zero-order chi connectivity index (χ0) is 22.1. The van der Waals surface area contributed by atoms with E-state index in [2.05, 4.69) is 5.32 Å². The van der Waals surface area contributed by atoms with Gasteiger partial charge < -0.3 is 14.8 Å². The van der Waals surface area contributed by atoms with Crippen molar-refractivity contribution < 1.29 is 27.5 Å². The summed E-state index contributed by atoms with van der Waals surface area (Å²) in [5.41, 5.74) is 0.132.